The van der Waals surface area contributed by atoms with E-state index in [1.54, 1.807) is 0 Å². The van der Waals surface area contributed by atoms with Crippen LogP contribution in [0.25, 0.3) is 10.9 Å². The van der Waals surface area contributed by atoms with Crippen LogP contribution in [0.3, 0.4) is 0 Å². The third kappa shape index (κ3) is 2.02. The van der Waals surface area contributed by atoms with Gasteiger partial charge in [-0.1, -0.05) is 38.1 Å². The molecule has 0 atom stereocenters. The molecule has 0 aliphatic rings. The minimum Gasteiger partial charge on any atom is -0.575 e. The highest BCUT2D eigenvalue weighted by Crippen LogP contribution is 2.15. The second-order valence-electron chi connectivity index (χ2n) is 3.63. The van der Waals surface area contributed by atoms with E-state index < -0.39 is 0 Å². The summed E-state index contributed by atoms with van der Waals surface area (Å²) in [6, 6.07) is 8.14. The molecule has 80 valence electrons. The highest BCUT2D eigenvalue weighted by atomic mass is 15.2. The smallest absolute Gasteiger partial charge is 0.0394 e. The molecule has 0 unspecified atom stereocenters. The lowest BCUT2D eigenvalue weighted by molar-refractivity contribution is 0.293. The van der Waals surface area contributed by atoms with E-state index in [9.17, 15) is 0 Å². The molecule has 3 heteroatoms. The number of hydrogen-bond donors (Lipinski definition) is 0. The first-order chi connectivity index (χ1) is 7.35. The molecule has 0 saturated carbocycles. The topological polar surface area (TPSA) is 30.2 Å². The van der Waals surface area contributed by atoms with E-state index in [0.717, 1.165) is 30.8 Å². The summed E-state index contributed by atoms with van der Waals surface area (Å²) < 4.78 is 0. The van der Waals surface area contributed by atoms with Crippen LogP contribution >= 0.6 is 0 Å². The molecule has 0 radical (unpaired) electrons. The Morgan fingerprint density at radius 2 is 1.93 bits per heavy atom. The van der Waals surface area contributed by atoms with Gasteiger partial charge in [0, 0.05) is 12.2 Å². The number of rotatable bonds is 4. The molecular formula is C12H16N3-. The Morgan fingerprint density at radius 1 is 1.20 bits per heavy atom. The maximum Gasteiger partial charge on any atom is 0.0394 e. The van der Waals surface area contributed by atoms with Gasteiger partial charge in [0.2, 0.25) is 0 Å². The zero-order chi connectivity index (χ0) is 10.7. The summed E-state index contributed by atoms with van der Waals surface area (Å²) in [4.78, 5) is 2.34. The zero-order valence-electron chi connectivity index (χ0n) is 9.27. The van der Waals surface area contributed by atoms with Crippen molar-refractivity contribution in [3.8, 4) is 0 Å². The largest absolute Gasteiger partial charge is 0.575 e. The SMILES string of the molecule is CCN(CC)Cc1n[n-]c2ccccc12. The molecule has 1 heterocycles. The van der Waals surface area contributed by atoms with Gasteiger partial charge in [0.15, 0.2) is 0 Å². The molecule has 0 amide bonds. The van der Waals surface area contributed by atoms with E-state index in [0.29, 0.717) is 0 Å². The van der Waals surface area contributed by atoms with Gasteiger partial charge in [-0.15, -0.1) is 5.52 Å². The van der Waals surface area contributed by atoms with Gasteiger partial charge in [-0.2, -0.15) is 0 Å². The number of fused-ring (bicyclic) bond motifs is 1. The average molecular weight is 202 g/mol. The van der Waals surface area contributed by atoms with Crippen LogP contribution in [0.5, 0.6) is 0 Å². The number of benzene rings is 1. The predicted molar refractivity (Wildman–Crippen MR) is 61.7 cm³/mol. The third-order valence-electron chi connectivity index (χ3n) is 2.76. The van der Waals surface area contributed by atoms with Crippen molar-refractivity contribution >= 4 is 10.9 Å². The highest BCUT2D eigenvalue weighted by molar-refractivity contribution is 5.80. The van der Waals surface area contributed by atoms with Crippen molar-refractivity contribution in [1.29, 1.82) is 0 Å². The van der Waals surface area contributed by atoms with Gasteiger partial charge < -0.3 is 10.2 Å². The summed E-state index contributed by atoms with van der Waals surface area (Å²) in [5.41, 5.74) is 2.09. The van der Waals surface area contributed by atoms with Gasteiger partial charge in [-0.3, -0.25) is 4.90 Å². The Balaban J connectivity index is 2.28. The Bertz CT molecular complexity index is 429. The van der Waals surface area contributed by atoms with Gasteiger partial charge in [0.1, 0.15) is 0 Å². The quantitative estimate of drug-likeness (QED) is 0.760. The van der Waals surface area contributed by atoms with Gasteiger partial charge in [-0.05, 0) is 18.5 Å². The Kier molecular flexibility index (Phi) is 3.02. The van der Waals surface area contributed by atoms with E-state index in [4.69, 9.17) is 0 Å². The van der Waals surface area contributed by atoms with Crippen molar-refractivity contribution in [1.82, 2.24) is 15.1 Å². The van der Waals surface area contributed by atoms with Crippen LogP contribution in [-0.4, -0.2) is 23.1 Å². The lowest BCUT2D eigenvalue weighted by Crippen LogP contribution is -2.22. The first-order valence-electron chi connectivity index (χ1n) is 5.44. The predicted octanol–water partition coefficient (Wildman–Crippen LogP) is 2.03. The fourth-order valence-electron chi connectivity index (χ4n) is 1.75. The number of hydrogen-bond acceptors (Lipinski definition) is 2. The standard InChI is InChI=1S/C12H16N3/c1-3-15(4-2)9-12-10-7-5-6-8-11(10)13-14-12/h5-8H,3-4,9H2,1-2H3/q-1. The monoisotopic (exact) mass is 202 g/mol. The maximum absolute atomic E-state index is 4.24. The normalized spacial score (nSPS) is 11.4. The maximum atomic E-state index is 4.24. The van der Waals surface area contributed by atoms with Crippen LogP contribution in [0.15, 0.2) is 24.3 Å². The van der Waals surface area contributed by atoms with E-state index >= 15 is 0 Å². The number of nitrogens with zero attached hydrogens (tertiary/aromatic N) is 3. The lowest BCUT2D eigenvalue weighted by atomic mass is 10.2. The molecule has 0 spiro atoms. The fraction of sp³-hybridized carbons (Fsp3) is 0.417. The molecule has 1 aromatic heterocycles. The van der Waals surface area contributed by atoms with Crippen molar-refractivity contribution in [2.24, 2.45) is 0 Å². The van der Waals surface area contributed by atoms with Crippen LogP contribution in [0.4, 0.5) is 0 Å². The third-order valence-corrected chi connectivity index (χ3v) is 2.76. The van der Waals surface area contributed by atoms with Crippen molar-refractivity contribution in [2.75, 3.05) is 13.1 Å². The molecule has 0 bridgehead atoms. The molecular weight excluding hydrogens is 186 g/mol. The zero-order valence-corrected chi connectivity index (χ0v) is 9.27. The molecule has 2 aromatic rings. The number of aromatic nitrogens is 2. The second kappa shape index (κ2) is 4.45. The summed E-state index contributed by atoms with van der Waals surface area (Å²) in [6.07, 6.45) is 0. The molecule has 3 nitrogen and oxygen atoms in total. The minimum absolute atomic E-state index is 0.896. The Labute approximate surface area is 90.1 Å². The van der Waals surface area contributed by atoms with Crippen LogP contribution < -0.4 is 5.10 Å². The van der Waals surface area contributed by atoms with Gasteiger partial charge in [-0.25, -0.2) is 0 Å². The van der Waals surface area contributed by atoms with Crippen molar-refractivity contribution in [2.45, 2.75) is 20.4 Å². The molecule has 0 aliphatic carbocycles. The molecule has 1 aromatic carbocycles. The fourth-order valence-corrected chi connectivity index (χ4v) is 1.75. The molecule has 0 fully saturated rings. The summed E-state index contributed by atoms with van der Waals surface area (Å²) in [5.74, 6) is 0. The molecule has 15 heavy (non-hydrogen) atoms. The van der Waals surface area contributed by atoms with Crippen molar-refractivity contribution < 1.29 is 0 Å². The second-order valence-corrected chi connectivity index (χ2v) is 3.63. The minimum atomic E-state index is 0.896. The van der Waals surface area contributed by atoms with Crippen LogP contribution in [0, 0.1) is 0 Å². The first-order valence-corrected chi connectivity index (χ1v) is 5.44. The van der Waals surface area contributed by atoms with E-state index in [2.05, 4.69) is 35.0 Å². The summed E-state index contributed by atoms with van der Waals surface area (Å²) >= 11 is 0. The highest BCUT2D eigenvalue weighted by Gasteiger charge is 2.03. The lowest BCUT2D eigenvalue weighted by Gasteiger charge is -2.17. The molecule has 0 saturated heterocycles. The van der Waals surface area contributed by atoms with Crippen molar-refractivity contribution in [3.63, 3.8) is 0 Å². The van der Waals surface area contributed by atoms with E-state index in [-0.39, 0.29) is 0 Å². The van der Waals surface area contributed by atoms with Crippen molar-refractivity contribution in [3.05, 3.63) is 30.0 Å². The average Bonchev–Trinajstić information content (AvgIpc) is 2.69. The first kappa shape index (κ1) is 10.2. The van der Waals surface area contributed by atoms with Crippen LogP contribution in [-0.2, 0) is 6.54 Å². The van der Waals surface area contributed by atoms with Gasteiger partial charge >= 0.3 is 0 Å². The summed E-state index contributed by atoms with van der Waals surface area (Å²) in [6.45, 7) is 7.34. The van der Waals surface area contributed by atoms with Crippen LogP contribution in [0.1, 0.15) is 19.5 Å². The molecule has 0 aliphatic heterocycles. The van der Waals surface area contributed by atoms with Gasteiger partial charge in [0.05, 0.1) is 0 Å². The van der Waals surface area contributed by atoms with Crippen LogP contribution in [0.2, 0.25) is 0 Å². The van der Waals surface area contributed by atoms with Gasteiger partial charge in [0.25, 0.3) is 0 Å². The molecule has 2 rings (SSSR count). The van der Waals surface area contributed by atoms with E-state index in [1.807, 2.05) is 18.2 Å². The summed E-state index contributed by atoms with van der Waals surface area (Å²) in [5, 5.41) is 9.59. The Hall–Kier alpha value is -1.35. The Morgan fingerprint density at radius 3 is 2.67 bits per heavy atom. The summed E-state index contributed by atoms with van der Waals surface area (Å²) in [7, 11) is 0. The molecule has 0 N–H and O–H groups in total. The van der Waals surface area contributed by atoms with E-state index in [1.165, 1.54) is 5.39 Å².